The summed E-state index contributed by atoms with van der Waals surface area (Å²) in [7, 11) is 0. The number of halogens is 1. The first-order valence-corrected chi connectivity index (χ1v) is 6.76. The van der Waals surface area contributed by atoms with Gasteiger partial charge in [0.1, 0.15) is 5.82 Å². The fraction of sp³-hybridized carbons (Fsp3) is 0. The van der Waals surface area contributed by atoms with Gasteiger partial charge < -0.3 is 4.98 Å². The topological polar surface area (TPSA) is 12.9 Å². The van der Waals surface area contributed by atoms with Gasteiger partial charge in [-0.25, -0.2) is 4.39 Å². The molecular formula is C19H11FIrN-. The standard InChI is InChI=1S/C19H11FN.Ir/c20-16-9-10-21-19(12-16)15-8-7-14-6-5-13-3-1-2-4-17(13)18(14)11-15;/h1-7,9-12H;/q-1;. The quantitative estimate of drug-likeness (QED) is 0.286. The van der Waals surface area contributed by atoms with E-state index in [9.17, 15) is 4.39 Å². The largest absolute Gasteiger partial charge is 0.305 e. The molecule has 1 aromatic heterocycles. The maximum Gasteiger partial charge on any atom is 0.117 e. The maximum absolute atomic E-state index is 13.4. The Hall–Kier alpha value is -2.09. The summed E-state index contributed by atoms with van der Waals surface area (Å²) >= 11 is 0. The molecule has 4 aromatic rings. The third kappa shape index (κ3) is 2.54. The van der Waals surface area contributed by atoms with Crippen molar-refractivity contribution in [2.24, 2.45) is 0 Å². The van der Waals surface area contributed by atoms with Gasteiger partial charge in [-0.15, -0.1) is 23.8 Å². The Morgan fingerprint density at radius 3 is 2.55 bits per heavy atom. The average molecular weight is 465 g/mol. The van der Waals surface area contributed by atoms with Crippen LogP contribution in [0.1, 0.15) is 0 Å². The van der Waals surface area contributed by atoms with Crippen LogP contribution in [0.2, 0.25) is 0 Å². The summed E-state index contributed by atoms with van der Waals surface area (Å²) in [6.07, 6.45) is 1.48. The Bertz CT molecular complexity index is 965. The Morgan fingerprint density at radius 1 is 0.864 bits per heavy atom. The first-order chi connectivity index (χ1) is 10.3. The smallest absolute Gasteiger partial charge is 0.117 e. The zero-order chi connectivity index (χ0) is 14.2. The van der Waals surface area contributed by atoms with Crippen LogP contribution in [0, 0.1) is 11.9 Å². The van der Waals surface area contributed by atoms with Gasteiger partial charge >= 0.3 is 0 Å². The molecule has 0 aliphatic heterocycles. The molecule has 22 heavy (non-hydrogen) atoms. The average Bonchev–Trinajstić information content (AvgIpc) is 2.54. The summed E-state index contributed by atoms with van der Waals surface area (Å²) in [5.41, 5.74) is 1.41. The Morgan fingerprint density at radius 2 is 1.68 bits per heavy atom. The molecule has 0 fully saturated rings. The number of fused-ring (bicyclic) bond motifs is 3. The van der Waals surface area contributed by atoms with Gasteiger partial charge in [0.2, 0.25) is 0 Å². The number of benzene rings is 3. The summed E-state index contributed by atoms with van der Waals surface area (Å²) in [4.78, 5) is 4.23. The van der Waals surface area contributed by atoms with Gasteiger partial charge in [-0.05, 0) is 28.6 Å². The van der Waals surface area contributed by atoms with Crippen LogP contribution in [-0.4, -0.2) is 4.98 Å². The zero-order valence-corrected chi connectivity index (χ0v) is 13.9. The third-order valence-electron chi connectivity index (χ3n) is 3.67. The second kappa shape index (κ2) is 5.96. The van der Waals surface area contributed by atoms with Crippen molar-refractivity contribution in [2.75, 3.05) is 0 Å². The van der Waals surface area contributed by atoms with E-state index in [0.717, 1.165) is 16.3 Å². The van der Waals surface area contributed by atoms with Crippen LogP contribution < -0.4 is 0 Å². The molecule has 0 bridgehead atoms. The molecular weight excluding hydrogens is 453 g/mol. The number of aromatic nitrogens is 1. The van der Waals surface area contributed by atoms with Crippen LogP contribution in [-0.2, 0) is 20.1 Å². The molecule has 1 radical (unpaired) electrons. The van der Waals surface area contributed by atoms with Gasteiger partial charge in [-0.1, -0.05) is 47.2 Å². The molecule has 0 N–H and O–H groups in total. The van der Waals surface area contributed by atoms with E-state index in [1.807, 2.05) is 24.3 Å². The molecule has 0 saturated heterocycles. The third-order valence-corrected chi connectivity index (χ3v) is 3.67. The first kappa shape index (κ1) is 14.8. The Labute approximate surface area is 141 Å². The van der Waals surface area contributed by atoms with Crippen LogP contribution in [0.15, 0.2) is 66.9 Å². The minimum atomic E-state index is -0.286. The molecule has 0 aliphatic rings. The van der Waals surface area contributed by atoms with Crippen molar-refractivity contribution in [3.8, 4) is 11.3 Å². The number of pyridine rings is 1. The molecule has 4 rings (SSSR count). The molecule has 0 atom stereocenters. The van der Waals surface area contributed by atoms with Crippen LogP contribution >= 0.6 is 0 Å². The van der Waals surface area contributed by atoms with Gasteiger partial charge in [0.05, 0.1) is 0 Å². The second-order valence-corrected chi connectivity index (χ2v) is 5.00. The van der Waals surface area contributed by atoms with E-state index in [2.05, 4.69) is 35.3 Å². The van der Waals surface area contributed by atoms with E-state index in [0.29, 0.717) is 5.69 Å². The first-order valence-electron chi connectivity index (χ1n) is 6.76. The molecule has 1 heterocycles. The molecule has 1 nitrogen and oxygen atoms in total. The van der Waals surface area contributed by atoms with E-state index >= 15 is 0 Å². The normalized spacial score (nSPS) is 10.6. The van der Waals surface area contributed by atoms with Crippen molar-refractivity contribution in [3.63, 3.8) is 0 Å². The molecule has 0 unspecified atom stereocenters. The van der Waals surface area contributed by atoms with E-state index in [1.54, 1.807) is 0 Å². The van der Waals surface area contributed by atoms with Crippen LogP contribution in [0.5, 0.6) is 0 Å². The van der Waals surface area contributed by atoms with E-state index in [1.165, 1.54) is 29.1 Å². The van der Waals surface area contributed by atoms with Gasteiger partial charge in [0, 0.05) is 26.3 Å². The number of rotatable bonds is 1. The molecule has 0 amide bonds. The van der Waals surface area contributed by atoms with Gasteiger partial charge in [0.25, 0.3) is 0 Å². The number of nitrogens with zero attached hydrogens (tertiary/aromatic N) is 1. The van der Waals surface area contributed by atoms with Gasteiger partial charge in [0.15, 0.2) is 0 Å². The fourth-order valence-corrected chi connectivity index (χ4v) is 2.64. The molecule has 3 heteroatoms. The monoisotopic (exact) mass is 465 g/mol. The maximum atomic E-state index is 13.4. The van der Waals surface area contributed by atoms with Crippen molar-refractivity contribution in [1.29, 1.82) is 0 Å². The van der Waals surface area contributed by atoms with Crippen LogP contribution in [0.3, 0.4) is 0 Å². The van der Waals surface area contributed by atoms with E-state index in [-0.39, 0.29) is 25.9 Å². The zero-order valence-electron chi connectivity index (χ0n) is 11.5. The molecule has 3 aromatic carbocycles. The van der Waals surface area contributed by atoms with Gasteiger partial charge in [-0.3, -0.25) is 0 Å². The second-order valence-electron chi connectivity index (χ2n) is 5.00. The summed E-state index contributed by atoms with van der Waals surface area (Å²) in [6, 6.07) is 22.4. The fourth-order valence-electron chi connectivity index (χ4n) is 2.64. The number of hydrogen-bond acceptors (Lipinski definition) is 1. The van der Waals surface area contributed by atoms with Crippen LogP contribution in [0.25, 0.3) is 32.8 Å². The predicted molar refractivity (Wildman–Crippen MR) is 83.5 cm³/mol. The van der Waals surface area contributed by atoms with Crippen molar-refractivity contribution in [1.82, 2.24) is 4.98 Å². The van der Waals surface area contributed by atoms with E-state index < -0.39 is 0 Å². The molecule has 0 saturated carbocycles. The van der Waals surface area contributed by atoms with Crippen molar-refractivity contribution in [2.45, 2.75) is 0 Å². The SMILES string of the molecule is Fc1ccnc(-c2[c-]cc3ccc4ccccc4c3c2)c1.[Ir]. The predicted octanol–water partition coefficient (Wildman–Crippen LogP) is 4.99. The Kier molecular flexibility index (Phi) is 4.02. The van der Waals surface area contributed by atoms with Crippen molar-refractivity contribution >= 4 is 21.5 Å². The summed E-state index contributed by atoms with van der Waals surface area (Å²) in [6.45, 7) is 0. The Balaban J connectivity index is 0.00000144. The summed E-state index contributed by atoms with van der Waals surface area (Å²) < 4.78 is 13.4. The van der Waals surface area contributed by atoms with Crippen molar-refractivity contribution in [3.05, 3.63) is 78.7 Å². The molecule has 0 spiro atoms. The van der Waals surface area contributed by atoms with Crippen molar-refractivity contribution < 1.29 is 24.5 Å². The molecule has 0 aliphatic carbocycles. The molecule has 109 valence electrons. The summed E-state index contributed by atoms with van der Waals surface area (Å²) in [5.74, 6) is -0.286. The van der Waals surface area contributed by atoms with E-state index in [4.69, 9.17) is 0 Å². The minimum Gasteiger partial charge on any atom is -0.305 e. The van der Waals surface area contributed by atoms with Crippen LogP contribution in [0.4, 0.5) is 4.39 Å². The number of hydrogen-bond donors (Lipinski definition) is 0. The summed E-state index contributed by atoms with van der Waals surface area (Å²) in [5, 5.41) is 4.62. The van der Waals surface area contributed by atoms with Gasteiger partial charge in [-0.2, -0.15) is 0 Å². The minimum absolute atomic E-state index is 0.